The Kier molecular flexibility index (Phi) is 8.93. The van der Waals surface area contributed by atoms with E-state index in [1.165, 1.54) is 6.07 Å². The summed E-state index contributed by atoms with van der Waals surface area (Å²) in [4.78, 5) is 15.2. The van der Waals surface area contributed by atoms with Gasteiger partial charge in [-0.25, -0.2) is 0 Å². The molecule has 0 radical (unpaired) electrons. The van der Waals surface area contributed by atoms with Gasteiger partial charge in [-0.3, -0.25) is 10.1 Å². The third-order valence-electron chi connectivity index (χ3n) is 7.06. The Morgan fingerprint density at radius 1 is 1.08 bits per heavy atom. The molecular formula is C26H31F3N4O4S. The van der Waals surface area contributed by atoms with Crippen molar-refractivity contribution >= 4 is 34.3 Å². The van der Waals surface area contributed by atoms with Crippen LogP contribution >= 0.6 is 12.2 Å². The fourth-order valence-electron chi connectivity index (χ4n) is 4.91. The number of anilines is 2. The summed E-state index contributed by atoms with van der Waals surface area (Å²) in [5.74, 6) is 0.831. The molecule has 4 rings (SSSR count). The molecule has 8 nitrogen and oxygen atoms in total. The number of thiocarbonyl (C=S) groups is 1. The minimum atomic E-state index is -4.80. The first-order chi connectivity index (χ1) is 18.1. The Bertz CT molecular complexity index is 1120. The molecule has 0 aromatic heterocycles. The zero-order valence-corrected chi connectivity index (χ0v) is 21.9. The molecule has 1 aliphatic heterocycles. The molecule has 0 amide bonds. The number of alkyl halides is 3. The quantitative estimate of drug-likeness (QED) is 0.261. The lowest BCUT2D eigenvalue weighted by atomic mass is 9.92. The SMILES string of the molecule is COc1ccc(N2CCN(C(=S)CO[C@H]3CC[C@H](Nc4ccc([N+](=O)[O-])c(C(F)(F)F)c4)CC3)CC2)cc1. The number of nitro benzene ring substituents is 1. The van der Waals surface area contributed by atoms with Gasteiger partial charge in [-0.15, -0.1) is 0 Å². The monoisotopic (exact) mass is 552 g/mol. The summed E-state index contributed by atoms with van der Waals surface area (Å²) in [6.07, 6.45) is -1.82. The second-order valence-corrected chi connectivity index (χ2v) is 9.95. The van der Waals surface area contributed by atoms with Gasteiger partial charge >= 0.3 is 6.18 Å². The molecule has 2 fully saturated rings. The summed E-state index contributed by atoms with van der Waals surface area (Å²) >= 11 is 5.63. The molecule has 206 valence electrons. The van der Waals surface area contributed by atoms with Crippen molar-refractivity contribution in [1.29, 1.82) is 0 Å². The highest BCUT2D eigenvalue weighted by molar-refractivity contribution is 7.80. The zero-order chi connectivity index (χ0) is 27.3. The number of nitrogens with zero attached hydrogens (tertiary/aromatic N) is 3. The van der Waals surface area contributed by atoms with Crippen LogP contribution in [0.5, 0.6) is 5.75 Å². The average molecular weight is 553 g/mol. The normalized spacial score (nSPS) is 20.2. The minimum Gasteiger partial charge on any atom is -0.497 e. The smallest absolute Gasteiger partial charge is 0.423 e. The Balaban J connectivity index is 1.19. The molecule has 0 spiro atoms. The number of rotatable bonds is 8. The Morgan fingerprint density at radius 2 is 1.74 bits per heavy atom. The molecule has 38 heavy (non-hydrogen) atoms. The number of benzene rings is 2. The van der Waals surface area contributed by atoms with Gasteiger partial charge in [0.2, 0.25) is 0 Å². The topological polar surface area (TPSA) is 80.1 Å². The van der Waals surface area contributed by atoms with E-state index in [0.29, 0.717) is 6.61 Å². The van der Waals surface area contributed by atoms with Crippen LogP contribution in [0.2, 0.25) is 0 Å². The van der Waals surface area contributed by atoms with Gasteiger partial charge < -0.3 is 24.6 Å². The fraction of sp³-hybridized carbons (Fsp3) is 0.500. The van der Waals surface area contributed by atoms with Gasteiger partial charge in [0.1, 0.15) is 16.3 Å². The minimum absolute atomic E-state index is 0.0321. The molecular weight excluding hydrogens is 521 g/mol. The lowest BCUT2D eigenvalue weighted by Gasteiger charge is -2.38. The van der Waals surface area contributed by atoms with E-state index in [9.17, 15) is 23.3 Å². The van der Waals surface area contributed by atoms with E-state index in [4.69, 9.17) is 21.7 Å². The highest BCUT2D eigenvalue weighted by Gasteiger charge is 2.38. The Morgan fingerprint density at radius 3 is 2.32 bits per heavy atom. The predicted molar refractivity (Wildman–Crippen MR) is 143 cm³/mol. The van der Waals surface area contributed by atoms with Crippen LogP contribution in [0.3, 0.4) is 0 Å². The third kappa shape index (κ3) is 7.04. The van der Waals surface area contributed by atoms with Gasteiger partial charge in [0, 0.05) is 49.7 Å². The van der Waals surface area contributed by atoms with Gasteiger partial charge in [-0.2, -0.15) is 13.2 Å². The van der Waals surface area contributed by atoms with Crippen LogP contribution in [0.4, 0.5) is 30.2 Å². The number of hydrogen-bond acceptors (Lipinski definition) is 7. The highest BCUT2D eigenvalue weighted by Crippen LogP contribution is 2.38. The second-order valence-electron chi connectivity index (χ2n) is 9.48. The summed E-state index contributed by atoms with van der Waals surface area (Å²) < 4.78 is 51.1. The van der Waals surface area contributed by atoms with Crippen LogP contribution in [0, 0.1) is 10.1 Å². The van der Waals surface area contributed by atoms with Crippen LogP contribution in [0.1, 0.15) is 31.2 Å². The first-order valence-corrected chi connectivity index (χ1v) is 13.0. The predicted octanol–water partition coefficient (Wildman–Crippen LogP) is 5.51. The molecule has 1 saturated heterocycles. The largest absolute Gasteiger partial charge is 0.497 e. The van der Waals surface area contributed by atoms with E-state index in [1.54, 1.807) is 7.11 Å². The van der Waals surface area contributed by atoms with E-state index in [2.05, 4.69) is 27.2 Å². The molecule has 1 heterocycles. The maximum atomic E-state index is 13.3. The zero-order valence-electron chi connectivity index (χ0n) is 21.1. The summed E-state index contributed by atoms with van der Waals surface area (Å²) in [7, 11) is 1.65. The first-order valence-electron chi connectivity index (χ1n) is 12.5. The number of nitro groups is 1. The van der Waals surface area contributed by atoms with Crippen LogP contribution < -0.4 is 15.0 Å². The standard InChI is InChI=1S/C26H31F3N4O4S/c1-36-21-9-5-20(6-10-21)31-12-14-32(15-13-31)25(38)17-37-22-7-2-18(3-8-22)30-19-4-11-24(33(34)35)23(16-19)26(27,28)29/h4-6,9-11,16,18,22,30H,2-3,7-8,12-15,17H2,1H3/t18-,22-. The number of nitrogens with one attached hydrogen (secondary N) is 1. The van der Waals surface area contributed by atoms with E-state index >= 15 is 0 Å². The molecule has 1 aliphatic carbocycles. The summed E-state index contributed by atoms with van der Waals surface area (Å²) in [6.45, 7) is 3.74. The summed E-state index contributed by atoms with van der Waals surface area (Å²) in [5.41, 5.74) is -0.815. The van der Waals surface area contributed by atoms with Crippen molar-refractivity contribution < 1.29 is 27.6 Å². The van der Waals surface area contributed by atoms with Gasteiger partial charge in [0.25, 0.3) is 5.69 Å². The van der Waals surface area contributed by atoms with Gasteiger partial charge in [0.05, 0.1) is 24.7 Å². The summed E-state index contributed by atoms with van der Waals surface area (Å²) in [5, 5.41) is 14.1. The number of ether oxygens (including phenoxy) is 2. The third-order valence-corrected chi connectivity index (χ3v) is 7.43. The summed E-state index contributed by atoms with van der Waals surface area (Å²) in [6, 6.07) is 11.0. The Hall–Kier alpha value is -3.12. The molecule has 2 aromatic rings. The van der Waals surface area contributed by atoms with Gasteiger partial charge in [-0.1, -0.05) is 12.2 Å². The van der Waals surface area contributed by atoms with Crippen molar-refractivity contribution in [2.75, 3.05) is 50.1 Å². The maximum Gasteiger partial charge on any atom is 0.423 e. The molecule has 0 atom stereocenters. The molecule has 1 saturated carbocycles. The molecule has 1 N–H and O–H groups in total. The molecule has 12 heteroatoms. The van der Waals surface area contributed by atoms with Crippen molar-refractivity contribution in [1.82, 2.24) is 4.90 Å². The van der Waals surface area contributed by atoms with Crippen LogP contribution in [-0.4, -0.2) is 66.9 Å². The van der Waals surface area contributed by atoms with Crippen LogP contribution in [0.15, 0.2) is 42.5 Å². The van der Waals surface area contributed by atoms with E-state index in [-0.39, 0.29) is 17.8 Å². The van der Waals surface area contributed by atoms with Gasteiger partial charge in [0.15, 0.2) is 0 Å². The number of methoxy groups -OCH3 is 1. The van der Waals surface area contributed by atoms with E-state index < -0.39 is 22.4 Å². The lowest BCUT2D eigenvalue weighted by Crippen LogP contribution is -2.49. The first kappa shape index (κ1) is 27.9. The fourth-order valence-corrected chi connectivity index (χ4v) is 5.16. The molecule has 2 aliphatic rings. The number of hydrogen-bond donors (Lipinski definition) is 1. The number of piperazine rings is 1. The lowest BCUT2D eigenvalue weighted by molar-refractivity contribution is -0.388. The maximum absolute atomic E-state index is 13.3. The van der Waals surface area contributed by atoms with Gasteiger partial charge in [-0.05, 0) is 62.1 Å². The van der Waals surface area contributed by atoms with Crippen molar-refractivity contribution in [3.05, 3.63) is 58.1 Å². The van der Waals surface area contributed by atoms with Crippen molar-refractivity contribution in [2.45, 2.75) is 44.0 Å². The van der Waals surface area contributed by atoms with Crippen molar-refractivity contribution in [3.8, 4) is 5.75 Å². The van der Waals surface area contributed by atoms with Crippen LogP contribution in [0.25, 0.3) is 0 Å². The Labute approximate surface area is 224 Å². The van der Waals surface area contributed by atoms with Crippen molar-refractivity contribution in [3.63, 3.8) is 0 Å². The van der Waals surface area contributed by atoms with Crippen LogP contribution in [-0.2, 0) is 10.9 Å². The molecule has 2 aromatic carbocycles. The van der Waals surface area contributed by atoms with E-state index in [0.717, 1.165) is 80.4 Å². The van der Waals surface area contributed by atoms with E-state index in [1.807, 2.05) is 12.1 Å². The average Bonchev–Trinajstić information content (AvgIpc) is 2.92. The highest BCUT2D eigenvalue weighted by atomic mass is 32.1. The number of halogens is 3. The molecule has 0 bridgehead atoms. The second kappa shape index (κ2) is 12.2. The molecule has 0 unspecified atom stereocenters. The van der Waals surface area contributed by atoms with Crippen molar-refractivity contribution in [2.24, 2.45) is 0 Å².